The third kappa shape index (κ3) is 3.16. The van der Waals surface area contributed by atoms with Crippen LogP contribution in [0.15, 0.2) is 6.07 Å². The summed E-state index contributed by atoms with van der Waals surface area (Å²) in [6.45, 7) is 1.43. The molecule has 0 spiro atoms. The average molecular weight is 296 g/mol. The van der Waals surface area contributed by atoms with Crippen molar-refractivity contribution in [1.82, 2.24) is 10.6 Å². The molecule has 1 unspecified atom stereocenters. The minimum Gasteiger partial charge on any atom is -0.448 e. The van der Waals surface area contributed by atoms with Crippen LogP contribution in [0.2, 0.25) is 0 Å². The Morgan fingerprint density at radius 1 is 1.35 bits per heavy atom. The molecule has 0 bridgehead atoms. The highest BCUT2D eigenvalue weighted by Gasteiger charge is 2.23. The van der Waals surface area contributed by atoms with Crippen molar-refractivity contribution in [3.8, 4) is 0 Å². The third-order valence-electron chi connectivity index (χ3n) is 3.06. The molecule has 0 saturated carbocycles. The van der Waals surface area contributed by atoms with Crippen LogP contribution in [0.1, 0.15) is 33.5 Å². The van der Waals surface area contributed by atoms with Crippen LogP contribution in [0.5, 0.6) is 0 Å². The summed E-state index contributed by atoms with van der Waals surface area (Å²) in [5.41, 5.74) is 1.20. The second-order valence-electron chi connectivity index (χ2n) is 4.53. The first-order chi connectivity index (χ1) is 9.51. The van der Waals surface area contributed by atoms with E-state index in [0.29, 0.717) is 4.88 Å². The van der Waals surface area contributed by atoms with Crippen molar-refractivity contribution >= 4 is 29.2 Å². The van der Waals surface area contributed by atoms with Crippen LogP contribution in [0.3, 0.4) is 0 Å². The van der Waals surface area contributed by atoms with Crippen molar-refractivity contribution < 1.29 is 19.1 Å². The molecule has 6 nitrogen and oxygen atoms in total. The Kier molecular flexibility index (Phi) is 4.39. The predicted molar refractivity (Wildman–Crippen MR) is 73.8 cm³/mol. The SMILES string of the molecule is CNC(=O)NC(=O)C(C)OC(=O)c1cc2c(s1)CCC2. The van der Waals surface area contributed by atoms with E-state index in [0.717, 1.165) is 19.3 Å². The van der Waals surface area contributed by atoms with E-state index in [4.69, 9.17) is 4.74 Å². The van der Waals surface area contributed by atoms with Crippen molar-refractivity contribution in [2.45, 2.75) is 32.3 Å². The van der Waals surface area contributed by atoms with Gasteiger partial charge in [-0.2, -0.15) is 0 Å². The van der Waals surface area contributed by atoms with Crippen LogP contribution in [0, 0.1) is 0 Å². The predicted octanol–water partition coefficient (Wildman–Crippen LogP) is 1.24. The van der Waals surface area contributed by atoms with Crippen molar-refractivity contribution in [2.24, 2.45) is 0 Å². The molecule has 0 fully saturated rings. The molecule has 0 radical (unpaired) electrons. The number of amides is 3. The standard InChI is InChI=1S/C13H16N2O4S/c1-7(11(16)15-13(18)14-2)19-12(17)10-6-8-4-3-5-9(8)20-10/h6-7H,3-5H2,1-2H3,(H2,14,15,16,18). The number of imide groups is 1. The molecule has 0 aromatic carbocycles. The number of rotatable bonds is 3. The van der Waals surface area contributed by atoms with Crippen molar-refractivity contribution in [2.75, 3.05) is 7.05 Å². The van der Waals surface area contributed by atoms with E-state index in [2.05, 4.69) is 10.6 Å². The minimum absolute atomic E-state index is 0.509. The molecule has 7 heteroatoms. The molecule has 1 aliphatic carbocycles. The van der Waals surface area contributed by atoms with Gasteiger partial charge in [-0.3, -0.25) is 10.1 Å². The highest BCUT2D eigenvalue weighted by atomic mass is 32.1. The monoisotopic (exact) mass is 296 g/mol. The number of ether oxygens (including phenoxy) is 1. The number of aryl methyl sites for hydroxylation is 2. The van der Waals surface area contributed by atoms with Gasteiger partial charge in [-0.15, -0.1) is 11.3 Å². The Morgan fingerprint density at radius 3 is 2.75 bits per heavy atom. The number of fused-ring (bicyclic) bond motifs is 1. The smallest absolute Gasteiger partial charge is 0.349 e. The number of thiophene rings is 1. The lowest BCUT2D eigenvalue weighted by Crippen LogP contribution is -2.43. The molecular weight excluding hydrogens is 280 g/mol. The maximum atomic E-state index is 11.9. The first kappa shape index (κ1) is 14.5. The number of carbonyl (C=O) groups is 3. The highest BCUT2D eigenvalue weighted by molar-refractivity contribution is 7.14. The number of hydrogen-bond acceptors (Lipinski definition) is 5. The zero-order chi connectivity index (χ0) is 14.7. The summed E-state index contributed by atoms with van der Waals surface area (Å²) in [5, 5.41) is 4.31. The number of nitrogens with one attached hydrogen (secondary N) is 2. The van der Waals surface area contributed by atoms with E-state index in [1.807, 2.05) is 6.07 Å². The Bertz CT molecular complexity index is 531. The fourth-order valence-corrected chi connectivity index (χ4v) is 3.11. The van der Waals surface area contributed by atoms with E-state index in [1.54, 1.807) is 0 Å². The van der Waals surface area contributed by atoms with Gasteiger partial charge in [0, 0.05) is 11.9 Å². The van der Waals surface area contributed by atoms with Gasteiger partial charge in [0.2, 0.25) is 0 Å². The van der Waals surface area contributed by atoms with Crippen molar-refractivity contribution in [3.05, 3.63) is 21.4 Å². The van der Waals surface area contributed by atoms with Gasteiger partial charge in [0.05, 0.1) is 0 Å². The lowest BCUT2D eigenvalue weighted by molar-refractivity contribution is -0.127. The second-order valence-corrected chi connectivity index (χ2v) is 5.67. The van der Waals surface area contributed by atoms with E-state index in [1.165, 1.54) is 35.7 Å². The zero-order valence-corrected chi connectivity index (χ0v) is 12.1. The summed E-state index contributed by atoms with van der Waals surface area (Å²) < 4.78 is 5.06. The summed E-state index contributed by atoms with van der Waals surface area (Å²) in [6.07, 6.45) is 2.10. The van der Waals surface area contributed by atoms with Crippen LogP contribution in [0.4, 0.5) is 4.79 Å². The number of urea groups is 1. The van der Waals surface area contributed by atoms with Gasteiger partial charge >= 0.3 is 12.0 Å². The molecule has 0 aliphatic heterocycles. The molecule has 1 atom stereocenters. The molecule has 2 N–H and O–H groups in total. The summed E-state index contributed by atoms with van der Waals surface area (Å²) in [7, 11) is 1.40. The molecule has 1 aliphatic rings. The number of carbonyl (C=O) groups excluding carboxylic acids is 3. The molecule has 0 saturated heterocycles. The van der Waals surface area contributed by atoms with Crippen LogP contribution in [0.25, 0.3) is 0 Å². The Hall–Kier alpha value is -1.89. The van der Waals surface area contributed by atoms with Crippen molar-refractivity contribution in [1.29, 1.82) is 0 Å². The van der Waals surface area contributed by atoms with Crippen LogP contribution in [-0.2, 0) is 22.4 Å². The quantitative estimate of drug-likeness (QED) is 0.822. The highest BCUT2D eigenvalue weighted by Crippen LogP contribution is 2.31. The molecule has 108 valence electrons. The Labute approximate surface area is 120 Å². The normalized spacial score (nSPS) is 14.3. The number of esters is 1. The first-order valence-corrected chi connectivity index (χ1v) is 7.18. The van der Waals surface area contributed by atoms with Gasteiger partial charge in [0.15, 0.2) is 6.10 Å². The average Bonchev–Trinajstić information content (AvgIpc) is 2.98. The van der Waals surface area contributed by atoms with Gasteiger partial charge in [0.25, 0.3) is 5.91 Å². The largest absolute Gasteiger partial charge is 0.448 e. The maximum Gasteiger partial charge on any atom is 0.349 e. The zero-order valence-electron chi connectivity index (χ0n) is 11.3. The molecule has 3 amide bonds. The Morgan fingerprint density at radius 2 is 2.10 bits per heavy atom. The molecule has 1 aromatic heterocycles. The van der Waals surface area contributed by atoms with Crippen LogP contribution in [-0.4, -0.2) is 31.1 Å². The molecule has 2 rings (SSSR count). The minimum atomic E-state index is -1.02. The molecule has 1 aromatic rings. The topological polar surface area (TPSA) is 84.5 Å². The van der Waals surface area contributed by atoms with Gasteiger partial charge in [-0.1, -0.05) is 0 Å². The van der Waals surface area contributed by atoms with E-state index < -0.39 is 24.0 Å². The van der Waals surface area contributed by atoms with Gasteiger partial charge < -0.3 is 10.1 Å². The lowest BCUT2D eigenvalue weighted by atomic mass is 10.2. The number of hydrogen-bond donors (Lipinski definition) is 2. The second kappa shape index (κ2) is 6.04. The van der Waals surface area contributed by atoms with Crippen LogP contribution < -0.4 is 10.6 Å². The Balaban J connectivity index is 1.93. The first-order valence-electron chi connectivity index (χ1n) is 6.36. The summed E-state index contributed by atoms with van der Waals surface area (Å²) in [5.74, 6) is -1.18. The fourth-order valence-electron chi connectivity index (χ4n) is 1.98. The third-order valence-corrected chi connectivity index (χ3v) is 4.28. The summed E-state index contributed by atoms with van der Waals surface area (Å²) >= 11 is 1.42. The van der Waals surface area contributed by atoms with Gasteiger partial charge in [0.1, 0.15) is 4.88 Å². The van der Waals surface area contributed by atoms with E-state index in [-0.39, 0.29) is 0 Å². The lowest BCUT2D eigenvalue weighted by Gasteiger charge is -2.11. The van der Waals surface area contributed by atoms with Crippen molar-refractivity contribution in [3.63, 3.8) is 0 Å². The fraction of sp³-hybridized carbons (Fsp3) is 0.462. The van der Waals surface area contributed by atoms with Crippen LogP contribution >= 0.6 is 11.3 Å². The van der Waals surface area contributed by atoms with Gasteiger partial charge in [-0.25, -0.2) is 9.59 Å². The summed E-state index contributed by atoms with van der Waals surface area (Å²) in [4.78, 5) is 36.2. The molecule has 1 heterocycles. The van der Waals surface area contributed by atoms with E-state index in [9.17, 15) is 14.4 Å². The van der Waals surface area contributed by atoms with E-state index >= 15 is 0 Å². The maximum absolute atomic E-state index is 11.9. The summed E-state index contributed by atoms with van der Waals surface area (Å²) in [6, 6.07) is 1.20. The molecule has 20 heavy (non-hydrogen) atoms. The van der Waals surface area contributed by atoms with Gasteiger partial charge in [-0.05, 0) is 37.8 Å². The molecular formula is C13H16N2O4S.